The number of hydrogen-bond acceptors (Lipinski definition) is 3. The Morgan fingerprint density at radius 3 is 2.17 bits per heavy atom. The number of benzene rings is 1. The highest BCUT2D eigenvalue weighted by Gasteiger charge is 2.30. The molecule has 2 fully saturated rings. The summed E-state index contributed by atoms with van der Waals surface area (Å²) >= 11 is 0. The van der Waals surface area contributed by atoms with Gasteiger partial charge in [-0.2, -0.15) is 0 Å². The van der Waals surface area contributed by atoms with Crippen LogP contribution in [0, 0.1) is 17.7 Å². The van der Waals surface area contributed by atoms with E-state index in [1.54, 1.807) is 12.1 Å². The number of carbonyl (C=O) groups excluding carboxylic acids is 2. The van der Waals surface area contributed by atoms with Crippen molar-refractivity contribution in [2.24, 2.45) is 11.8 Å². The van der Waals surface area contributed by atoms with Crippen molar-refractivity contribution in [3.8, 4) is 0 Å². The number of nitrogens with zero attached hydrogens (tertiary/aromatic N) is 2. The Morgan fingerprint density at radius 1 is 1.00 bits per heavy atom. The number of halogens is 1. The molecule has 0 aromatic heterocycles. The van der Waals surface area contributed by atoms with Gasteiger partial charge in [0.05, 0.1) is 12.6 Å². The minimum absolute atomic E-state index is 0.0182. The van der Waals surface area contributed by atoms with Crippen LogP contribution in [-0.4, -0.2) is 54.3 Å². The van der Waals surface area contributed by atoms with E-state index in [9.17, 15) is 14.0 Å². The van der Waals surface area contributed by atoms with E-state index < -0.39 is 0 Å². The average molecular weight is 418 g/mol. The Hall–Kier alpha value is -1.95. The fraction of sp³-hybridized carbons (Fsp3) is 0.667. The predicted molar refractivity (Wildman–Crippen MR) is 116 cm³/mol. The van der Waals surface area contributed by atoms with E-state index in [4.69, 9.17) is 0 Å². The molecule has 6 heteroatoms. The lowest BCUT2D eigenvalue weighted by molar-refractivity contribution is -0.137. The Labute approximate surface area is 180 Å². The molecule has 1 aromatic rings. The van der Waals surface area contributed by atoms with Gasteiger partial charge in [-0.3, -0.25) is 14.5 Å². The van der Waals surface area contributed by atoms with E-state index in [1.165, 1.54) is 25.0 Å². The van der Waals surface area contributed by atoms with Gasteiger partial charge in [-0.1, -0.05) is 38.8 Å². The molecule has 0 bridgehead atoms. The van der Waals surface area contributed by atoms with Gasteiger partial charge in [0.25, 0.3) is 0 Å². The van der Waals surface area contributed by atoms with Crippen molar-refractivity contribution in [3.63, 3.8) is 0 Å². The number of carbonyl (C=O) groups is 2. The molecule has 2 aliphatic rings. The van der Waals surface area contributed by atoms with Gasteiger partial charge in [-0.15, -0.1) is 0 Å². The van der Waals surface area contributed by atoms with Gasteiger partial charge < -0.3 is 10.2 Å². The second-order valence-corrected chi connectivity index (χ2v) is 9.13. The molecule has 3 rings (SSSR count). The molecule has 1 atom stereocenters. The Bertz CT molecular complexity index is 691. The number of nitrogens with one attached hydrogen (secondary N) is 1. The smallest absolute Gasteiger partial charge is 0.234 e. The van der Waals surface area contributed by atoms with Crippen LogP contribution in [-0.2, 0) is 9.59 Å². The first-order valence-electron chi connectivity index (χ1n) is 11.5. The second kappa shape index (κ2) is 10.9. The minimum Gasteiger partial charge on any atom is -0.348 e. The topological polar surface area (TPSA) is 52.7 Å². The molecule has 5 nitrogen and oxygen atoms in total. The van der Waals surface area contributed by atoms with E-state index in [-0.39, 0.29) is 29.6 Å². The third-order valence-electron chi connectivity index (χ3n) is 6.43. The summed E-state index contributed by atoms with van der Waals surface area (Å²) in [7, 11) is 0. The lowest BCUT2D eigenvalue weighted by Crippen LogP contribution is -2.46. The maximum absolute atomic E-state index is 13.2. The summed E-state index contributed by atoms with van der Waals surface area (Å²) in [6.07, 6.45) is 6.35. The molecule has 2 aliphatic heterocycles. The Balaban J connectivity index is 1.47. The summed E-state index contributed by atoms with van der Waals surface area (Å²) < 4.78 is 13.2. The van der Waals surface area contributed by atoms with Crippen LogP contribution >= 0.6 is 0 Å². The van der Waals surface area contributed by atoms with Crippen LogP contribution in [0.15, 0.2) is 24.3 Å². The van der Waals surface area contributed by atoms with Crippen LogP contribution in [0.4, 0.5) is 4.39 Å². The van der Waals surface area contributed by atoms with Crippen LogP contribution in [0.2, 0.25) is 0 Å². The van der Waals surface area contributed by atoms with E-state index in [2.05, 4.69) is 15.1 Å². The van der Waals surface area contributed by atoms with Crippen molar-refractivity contribution >= 4 is 11.8 Å². The fourth-order valence-corrected chi connectivity index (χ4v) is 4.61. The summed E-state index contributed by atoms with van der Waals surface area (Å²) in [4.78, 5) is 29.7. The maximum atomic E-state index is 13.2. The number of likely N-dealkylation sites (tertiary alicyclic amines) is 2. The van der Waals surface area contributed by atoms with Crippen molar-refractivity contribution in [2.45, 2.75) is 58.4 Å². The molecule has 0 aliphatic carbocycles. The van der Waals surface area contributed by atoms with Gasteiger partial charge in [0.1, 0.15) is 5.82 Å². The lowest BCUT2D eigenvalue weighted by Gasteiger charge is -2.34. The van der Waals surface area contributed by atoms with Crippen molar-refractivity contribution in [2.75, 3.05) is 32.7 Å². The number of piperidine rings is 1. The molecule has 0 saturated carbocycles. The second-order valence-electron chi connectivity index (χ2n) is 9.13. The van der Waals surface area contributed by atoms with E-state index in [1.807, 2.05) is 13.8 Å². The lowest BCUT2D eigenvalue weighted by atomic mass is 9.94. The first-order chi connectivity index (χ1) is 14.4. The van der Waals surface area contributed by atoms with Crippen molar-refractivity contribution < 1.29 is 14.0 Å². The molecular weight excluding hydrogens is 381 g/mol. The van der Waals surface area contributed by atoms with Gasteiger partial charge >= 0.3 is 0 Å². The molecule has 0 radical (unpaired) electrons. The SMILES string of the molecule is CC(C)C(NC(=O)CN1CCC(C(=O)N2CCCCCC2)CC1)c1ccc(F)cc1. The van der Waals surface area contributed by atoms with Gasteiger partial charge in [-0.05, 0) is 62.4 Å². The summed E-state index contributed by atoms with van der Waals surface area (Å²) in [5, 5.41) is 3.11. The standard InChI is InChI=1S/C24H36FN3O2/c1-18(2)23(19-7-9-21(25)10-8-19)26-22(29)17-27-15-11-20(12-16-27)24(30)28-13-5-3-4-6-14-28/h7-10,18,20,23H,3-6,11-17H2,1-2H3,(H,26,29). The molecule has 1 N–H and O–H groups in total. The van der Waals surface area contributed by atoms with Crippen LogP contribution in [0.1, 0.15) is 64.0 Å². The predicted octanol–water partition coefficient (Wildman–Crippen LogP) is 3.75. The van der Waals surface area contributed by atoms with Crippen molar-refractivity contribution in [1.82, 2.24) is 15.1 Å². The van der Waals surface area contributed by atoms with E-state index in [0.29, 0.717) is 12.5 Å². The molecule has 2 saturated heterocycles. The first-order valence-corrected chi connectivity index (χ1v) is 11.5. The molecule has 0 spiro atoms. The number of amides is 2. The van der Waals surface area contributed by atoms with Gasteiger partial charge in [0.2, 0.25) is 11.8 Å². The third kappa shape index (κ3) is 6.27. The molecule has 1 unspecified atom stereocenters. The zero-order valence-corrected chi connectivity index (χ0v) is 18.4. The monoisotopic (exact) mass is 417 g/mol. The normalized spacial score (nSPS) is 20.1. The summed E-state index contributed by atoms with van der Waals surface area (Å²) in [5.74, 6) is 0.333. The minimum atomic E-state index is -0.273. The van der Waals surface area contributed by atoms with E-state index in [0.717, 1.165) is 57.4 Å². The molecule has 166 valence electrons. The Morgan fingerprint density at radius 2 is 1.60 bits per heavy atom. The molecule has 30 heavy (non-hydrogen) atoms. The van der Waals surface area contributed by atoms with E-state index >= 15 is 0 Å². The van der Waals surface area contributed by atoms with Crippen LogP contribution < -0.4 is 5.32 Å². The quantitative estimate of drug-likeness (QED) is 0.767. The van der Waals surface area contributed by atoms with Crippen molar-refractivity contribution in [1.29, 1.82) is 0 Å². The van der Waals surface area contributed by atoms with Gasteiger partial charge in [0.15, 0.2) is 0 Å². The Kier molecular flexibility index (Phi) is 8.25. The highest BCUT2D eigenvalue weighted by atomic mass is 19.1. The van der Waals surface area contributed by atoms with Gasteiger partial charge in [0, 0.05) is 19.0 Å². The zero-order chi connectivity index (χ0) is 21.5. The van der Waals surface area contributed by atoms with Crippen LogP contribution in [0.3, 0.4) is 0 Å². The number of rotatable bonds is 6. The van der Waals surface area contributed by atoms with Crippen LogP contribution in [0.25, 0.3) is 0 Å². The largest absolute Gasteiger partial charge is 0.348 e. The zero-order valence-electron chi connectivity index (χ0n) is 18.4. The summed E-state index contributed by atoms with van der Waals surface area (Å²) in [5.41, 5.74) is 0.918. The molecule has 2 heterocycles. The first kappa shape index (κ1) is 22.7. The summed E-state index contributed by atoms with van der Waals surface area (Å²) in [6.45, 7) is 7.81. The summed E-state index contributed by atoms with van der Waals surface area (Å²) in [6, 6.07) is 6.20. The van der Waals surface area contributed by atoms with Crippen LogP contribution in [0.5, 0.6) is 0 Å². The third-order valence-corrected chi connectivity index (χ3v) is 6.43. The fourth-order valence-electron chi connectivity index (χ4n) is 4.61. The molecule has 2 amide bonds. The highest BCUT2D eigenvalue weighted by Crippen LogP contribution is 2.23. The molecule has 1 aromatic carbocycles. The average Bonchev–Trinajstić information content (AvgIpc) is 3.02. The maximum Gasteiger partial charge on any atom is 0.234 e. The highest BCUT2D eigenvalue weighted by molar-refractivity contribution is 5.80. The van der Waals surface area contributed by atoms with Gasteiger partial charge in [-0.25, -0.2) is 4.39 Å². The van der Waals surface area contributed by atoms with Crippen molar-refractivity contribution in [3.05, 3.63) is 35.6 Å². The molecular formula is C24H36FN3O2. The number of hydrogen-bond donors (Lipinski definition) is 1.